The zero-order valence-corrected chi connectivity index (χ0v) is 10.2. The van der Waals surface area contributed by atoms with Crippen molar-refractivity contribution in [2.45, 2.75) is 6.92 Å². The molecule has 0 aliphatic heterocycles. The van der Waals surface area contributed by atoms with E-state index < -0.39 is 12.0 Å². The first-order chi connectivity index (χ1) is 8.02. The summed E-state index contributed by atoms with van der Waals surface area (Å²) >= 11 is 1.33. The number of aryl methyl sites for hydroxylation is 1. The fourth-order valence-corrected chi connectivity index (χ4v) is 1.78. The third-order valence-electron chi connectivity index (χ3n) is 1.80. The average Bonchev–Trinajstić information content (AvgIpc) is 2.62. The van der Waals surface area contributed by atoms with E-state index in [1.54, 1.807) is 6.20 Å². The smallest absolute Gasteiger partial charge is 0.324 e. The minimum Gasteiger partial charge on any atom is -0.480 e. The Morgan fingerprint density at radius 3 is 2.88 bits per heavy atom. The van der Waals surface area contributed by atoms with Gasteiger partial charge in [-0.3, -0.25) is 10.1 Å². The van der Waals surface area contributed by atoms with Gasteiger partial charge in [-0.25, -0.2) is 9.78 Å². The van der Waals surface area contributed by atoms with Crippen LogP contribution in [0.3, 0.4) is 0 Å². The van der Waals surface area contributed by atoms with Gasteiger partial charge < -0.3 is 10.0 Å². The van der Waals surface area contributed by atoms with Gasteiger partial charge in [0.25, 0.3) is 0 Å². The van der Waals surface area contributed by atoms with E-state index in [-0.39, 0.29) is 13.1 Å². The Balaban J connectivity index is 2.64. The molecule has 0 fully saturated rings. The van der Waals surface area contributed by atoms with Gasteiger partial charge in [0.05, 0.1) is 0 Å². The maximum absolute atomic E-state index is 11.7. The first kappa shape index (κ1) is 13.2. The molecule has 0 aliphatic rings. The summed E-state index contributed by atoms with van der Waals surface area (Å²) in [7, 11) is 0. The Morgan fingerprint density at radius 1 is 1.71 bits per heavy atom. The lowest BCUT2D eigenvalue weighted by molar-refractivity contribution is -0.137. The maximum Gasteiger partial charge on any atom is 0.324 e. The molecule has 0 saturated heterocycles. The number of urea groups is 1. The van der Waals surface area contributed by atoms with E-state index in [0.29, 0.717) is 5.13 Å². The van der Waals surface area contributed by atoms with Gasteiger partial charge in [-0.1, -0.05) is 6.08 Å². The van der Waals surface area contributed by atoms with Crippen molar-refractivity contribution in [3.63, 3.8) is 0 Å². The van der Waals surface area contributed by atoms with Gasteiger partial charge in [-0.15, -0.1) is 17.9 Å². The van der Waals surface area contributed by atoms with E-state index >= 15 is 0 Å². The summed E-state index contributed by atoms with van der Waals surface area (Å²) in [6, 6.07) is -0.498. The van der Waals surface area contributed by atoms with Gasteiger partial charge >= 0.3 is 12.0 Å². The number of hydrogen-bond donors (Lipinski definition) is 2. The van der Waals surface area contributed by atoms with E-state index in [0.717, 1.165) is 9.78 Å². The van der Waals surface area contributed by atoms with E-state index in [9.17, 15) is 9.59 Å². The number of carbonyl (C=O) groups excluding carboxylic acids is 1. The Bertz CT molecular complexity index is 430. The molecule has 0 unspecified atom stereocenters. The van der Waals surface area contributed by atoms with Gasteiger partial charge in [0, 0.05) is 17.6 Å². The number of thiazole rings is 1. The molecule has 0 spiro atoms. The fraction of sp³-hybridized carbons (Fsp3) is 0.300. The SMILES string of the molecule is C=CCN(CC(=O)O)C(=O)Nc1ncc(C)s1. The Labute approximate surface area is 103 Å². The lowest BCUT2D eigenvalue weighted by atomic mass is 10.5. The minimum absolute atomic E-state index is 0.169. The molecule has 1 aromatic rings. The number of carboxylic acid groups (broad SMARTS) is 1. The second-order valence-electron chi connectivity index (χ2n) is 3.27. The van der Waals surface area contributed by atoms with E-state index in [4.69, 9.17) is 5.11 Å². The molecule has 0 atom stereocenters. The highest BCUT2D eigenvalue weighted by atomic mass is 32.1. The van der Waals surface area contributed by atoms with Crippen molar-refractivity contribution in [1.29, 1.82) is 0 Å². The van der Waals surface area contributed by atoms with Crippen LogP contribution in [-0.4, -0.2) is 40.1 Å². The molecule has 0 aromatic carbocycles. The van der Waals surface area contributed by atoms with Gasteiger partial charge in [0.15, 0.2) is 5.13 Å². The quantitative estimate of drug-likeness (QED) is 0.782. The molecule has 1 heterocycles. The van der Waals surface area contributed by atoms with Crippen LogP contribution < -0.4 is 5.32 Å². The third-order valence-corrected chi connectivity index (χ3v) is 2.63. The normalized spacial score (nSPS) is 9.71. The molecule has 0 bridgehead atoms. The second kappa shape index (κ2) is 6.00. The number of aliphatic carboxylic acids is 1. The molecular weight excluding hydrogens is 242 g/mol. The van der Waals surface area contributed by atoms with Crippen molar-refractivity contribution in [3.8, 4) is 0 Å². The van der Waals surface area contributed by atoms with Crippen LogP contribution in [0.15, 0.2) is 18.9 Å². The van der Waals surface area contributed by atoms with Gasteiger partial charge in [-0.2, -0.15) is 0 Å². The van der Waals surface area contributed by atoms with Crippen LogP contribution in [0.2, 0.25) is 0 Å². The molecule has 92 valence electrons. The summed E-state index contributed by atoms with van der Waals surface area (Å²) < 4.78 is 0. The van der Waals surface area contributed by atoms with Crippen molar-refractivity contribution in [2.75, 3.05) is 18.4 Å². The molecule has 17 heavy (non-hydrogen) atoms. The largest absolute Gasteiger partial charge is 0.480 e. The topological polar surface area (TPSA) is 82.5 Å². The number of amides is 2. The summed E-state index contributed by atoms with van der Waals surface area (Å²) in [6.07, 6.45) is 3.10. The minimum atomic E-state index is -1.07. The predicted octanol–water partition coefficient (Wildman–Crippen LogP) is 1.56. The molecule has 1 aromatic heterocycles. The monoisotopic (exact) mass is 255 g/mol. The zero-order valence-electron chi connectivity index (χ0n) is 9.34. The van der Waals surface area contributed by atoms with E-state index in [1.165, 1.54) is 17.4 Å². The first-order valence-corrected chi connectivity index (χ1v) is 5.65. The van der Waals surface area contributed by atoms with Crippen molar-refractivity contribution >= 4 is 28.5 Å². The Hall–Kier alpha value is -1.89. The number of nitrogens with one attached hydrogen (secondary N) is 1. The van der Waals surface area contributed by atoms with Gasteiger partial charge in [0.1, 0.15) is 6.54 Å². The Kier molecular flexibility index (Phi) is 4.65. The lowest BCUT2D eigenvalue weighted by Gasteiger charge is -2.18. The Morgan fingerprint density at radius 2 is 2.41 bits per heavy atom. The van der Waals surface area contributed by atoms with Crippen LogP contribution in [0.25, 0.3) is 0 Å². The van der Waals surface area contributed by atoms with E-state index in [1.807, 2.05) is 6.92 Å². The van der Waals surface area contributed by atoms with Crippen molar-refractivity contribution in [3.05, 3.63) is 23.7 Å². The van der Waals surface area contributed by atoms with Crippen LogP contribution in [0.1, 0.15) is 4.88 Å². The summed E-state index contributed by atoms with van der Waals surface area (Å²) in [4.78, 5) is 28.4. The second-order valence-corrected chi connectivity index (χ2v) is 4.50. The summed E-state index contributed by atoms with van der Waals surface area (Å²) in [5, 5.41) is 11.6. The molecule has 1 rings (SSSR count). The lowest BCUT2D eigenvalue weighted by Crippen LogP contribution is -2.38. The molecule has 0 radical (unpaired) electrons. The number of aromatic nitrogens is 1. The molecule has 2 amide bonds. The third kappa shape index (κ3) is 4.23. The average molecular weight is 255 g/mol. The highest BCUT2D eigenvalue weighted by molar-refractivity contribution is 7.15. The number of carbonyl (C=O) groups is 2. The highest BCUT2D eigenvalue weighted by Gasteiger charge is 2.16. The highest BCUT2D eigenvalue weighted by Crippen LogP contribution is 2.16. The van der Waals surface area contributed by atoms with Crippen molar-refractivity contribution in [1.82, 2.24) is 9.88 Å². The molecular formula is C10H13N3O3S. The summed E-state index contributed by atoms with van der Waals surface area (Å²) in [5.74, 6) is -1.07. The van der Waals surface area contributed by atoms with Crippen LogP contribution in [0.4, 0.5) is 9.93 Å². The van der Waals surface area contributed by atoms with Gasteiger partial charge in [-0.05, 0) is 6.92 Å². The predicted molar refractivity (Wildman–Crippen MR) is 65.3 cm³/mol. The zero-order chi connectivity index (χ0) is 12.8. The summed E-state index contributed by atoms with van der Waals surface area (Å²) in [6.45, 7) is 5.14. The molecule has 0 aliphatic carbocycles. The fourth-order valence-electron chi connectivity index (χ4n) is 1.12. The number of carboxylic acids is 1. The standard InChI is InChI=1S/C10H13N3O3S/c1-3-4-13(6-8(14)15)10(16)12-9-11-5-7(2)17-9/h3,5H,1,4,6H2,2H3,(H,14,15)(H,11,12,16). The van der Waals surface area contributed by atoms with E-state index in [2.05, 4.69) is 16.9 Å². The molecule has 2 N–H and O–H groups in total. The van der Waals surface area contributed by atoms with Crippen molar-refractivity contribution in [2.24, 2.45) is 0 Å². The van der Waals surface area contributed by atoms with Crippen molar-refractivity contribution < 1.29 is 14.7 Å². The van der Waals surface area contributed by atoms with Crippen LogP contribution in [0.5, 0.6) is 0 Å². The van der Waals surface area contributed by atoms with Crippen LogP contribution >= 0.6 is 11.3 Å². The molecule has 6 nitrogen and oxygen atoms in total. The number of anilines is 1. The van der Waals surface area contributed by atoms with Gasteiger partial charge in [0.2, 0.25) is 0 Å². The number of nitrogens with zero attached hydrogens (tertiary/aromatic N) is 2. The molecule has 0 saturated carbocycles. The van der Waals surface area contributed by atoms with Crippen LogP contribution in [0, 0.1) is 6.92 Å². The molecule has 7 heteroatoms. The summed E-state index contributed by atoms with van der Waals surface area (Å²) in [5.41, 5.74) is 0. The maximum atomic E-state index is 11.7. The first-order valence-electron chi connectivity index (χ1n) is 4.84. The number of hydrogen-bond acceptors (Lipinski definition) is 4. The van der Waals surface area contributed by atoms with Crippen LogP contribution in [-0.2, 0) is 4.79 Å². The number of rotatable bonds is 5.